The van der Waals surface area contributed by atoms with E-state index in [1.165, 1.54) is 0 Å². The van der Waals surface area contributed by atoms with Gasteiger partial charge in [-0.1, -0.05) is 32.9 Å². The van der Waals surface area contributed by atoms with Crippen molar-refractivity contribution < 1.29 is 29.9 Å². The fourth-order valence-corrected chi connectivity index (χ4v) is 10.2. The molecule has 0 radical (unpaired) electrons. The lowest BCUT2D eigenvalue weighted by Gasteiger charge is -2.66. The molecule has 0 unspecified atom stereocenters. The van der Waals surface area contributed by atoms with Crippen LogP contribution in [0.25, 0.3) is 0 Å². The standard InChI is InChI=1S/C27H42O6/c1-14-5-10-27(32-13-14)15(2)21-20(33-27)11-18-16-6-9-26(31)12-19(28)22(29)23(30)25(26,4)17(16)7-8-24(18,21)3/h15-23,28-31H,1,5-13H2,2-4H3/t15-,16+,17-,18-,19+,20-,21-,22+,23+,24-,25-,26-,27+/m0/s1. The van der Waals surface area contributed by atoms with Crippen molar-refractivity contribution in [2.45, 2.75) is 108 Å². The second kappa shape index (κ2) is 7.04. The Hall–Kier alpha value is -0.500. The fourth-order valence-electron chi connectivity index (χ4n) is 10.2. The Morgan fingerprint density at radius 3 is 2.48 bits per heavy atom. The normalized spacial score (nSPS) is 62.5. The molecule has 4 aliphatic carbocycles. The van der Waals surface area contributed by atoms with Crippen molar-refractivity contribution in [3.05, 3.63) is 12.2 Å². The molecule has 0 aromatic rings. The van der Waals surface area contributed by atoms with Crippen molar-refractivity contribution in [2.75, 3.05) is 6.61 Å². The van der Waals surface area contributed by atoms with Crippen LogP contribution in [0.15, 0.2) is 12.2 Å². The molecule has 0 aromatic heterocycles. The summed E-state index contributed by atoms with van der Waals surface area (Å²) in [7, 11) is 0. The van der Waals surface area contributed by atoms with Crippen molar-refractivity contribution in [1.29, 1.82) is 0 Å². The zero-order chi connectivity index (χ0) is 23.6. The topological polar surface area (TPSA) is 99.4 Å². The minimum absolute atomic E-state index is 0.129. The number of hydrogen-bond donors (Lipinski definition) is 4. The highest BCUT2D eigenvalue weighted by atomic mass is 16.7. The second-order valence-electron chi connectivity index (χ2n) is 13.0. The maximum Gasteiger partial charge on any atom is 0.172 e. The highest BCUT2D eigenvalue weighted by Crippen LogP contribution is 2.71. The molecule has 0 bridgehead atoms. The number of aliphatic hydroxyl groups is 4. The van der Waals surface area contributed by atoms with Crippen LogP contribution < -0.4 is 0 Å². The third-order valence-corrected chi connectivity index (χ3v) is 12.0. The van der Waals surface area contributed by atoms with E-state index in [9.17, 15) is 20.4 Å². The minimum atomic E-state index is -1.20. The molecule has 13 atom stereocenters. The first kappa shape index (κ1) is 22.9. The predicted octanol–water partition coefficient (Wildman–Crippen LogP) is 2.77. The molecule has 4 N–H and O–H groups in total. The first-order valence-corrected chi connectivity index (χ1v) is 13.2. The SMILES string of the molecule is C=C1CC[C@@]2(OC1)O[C@H]1C[C@H]3[C@@H]4CC[C@]5(O)C[C@@H](O)[C@@H](O)[C@@H](O)[C@]5(C)[C@H]4CC[C@]3(C)[C@H]1[C@@H]2C. The summed E-state index contributed by atoms with van der Waals surface area (Å²) in [5.74, 6) is 1.30. The Morgan fingerprint density at radius 2 is 1.79 bits per heavy atom. The molecular weight excluding hydrogens is 420 g/mol. The Labute approximate surface area is 197 Å². The first-order valence-electron chi connectivity index (χ1n) is 13.2. The van der Waals surface area contributed by atoms with Crippen molar-refractivity contribution in [2.24, 2.45) is 40.4 Å². The van der Waals surface area contributed by atoms with E-state index in [0.29, 0.717) is 36.7 Å². The Bertz CT molecular complexity index is 834. The van der Waals surface area contributed by atoms with E-state index in [1.54, 1.807) is 0 Å². The Balaban J connectivity index is 1.30. The lowest BCUT2D eigenvalue weighted by molar-refractivity contribution is -0.288. The van der Waals surface area contributed by atoms with Crippen LogP contribution >= 0.6 is 0 Å². The largest absolute Gasteiger partial charge is 0.390 e. The molecule has 6 rings (SSSR count). The third kappa shape index (κ3) is 2.71. The summed E-state index contributed by atoms with van der Waals surface area (Å²) < 4.78 is 13.1. The minimum Gasteiger partial charge on any atom is -0.390 e. The van der Waals surface area contributed by atoms with E-state index in [4.69, 9.17) is 9.47 Å². The highest BCUT2D eigenvalue weighted by molar-refractivity contribution is 5.20. The lowest BCUT2D eigenvalue weighted by atomic mass is 9.42. The van der Waals surface area contributed by atoms with Crippen LogP contribution in [0.1, 0.15) is 72.1 Å². The number of hydrogen-bond acceptors (Lipinski definition) is 6. The smallest absolute Gasteiger partial charge is 0.172 e. The van der Waals surface area contributed by atoms with Gasteiger partial charge in [-0.2, -0.15) is 0 Å². The maximum atomic E-state index is 11.7. The van der Waals surface area contributed by atoms with E-state index in [-0.39, 0.29) is 23.9 Å². The summed E-state index contributed by atoms with van der Waals surface area (Å²) in [6.45, 7) is 11.4. The van der Waals surface area contributed by atoms with Gasteiger partial charge in [-0.3, -0.25) is 0 Å². The third-order valence-electron chi connectivity index (χ3n) is 12.0. The number of rotatable bonds is 0. The molecule has 2 saturated heterocycles. The molecule has 186 valence electrons. The molecular formula is C27H42O6. The van der Waals surface area contributed by atoms with Gasteiger partial charge in [0.25, 0.3) is 0 Å². The monoisotopic (exact) mass is 462 g/mol. The molecule has 0 amide bonds. The van der Waals surface area contributed by atoms with Crippen LogP contribution in [-0.4, -0.2) is 62.8 Å². The van der Waals surface area contributed by atoms with Gasteiger partial charge in [0.1, 0.15) is 6.10 Å². The second-order valence-corrected chi connectivity index (χ2v) is 13.0. The molecule has 6 aliphatic rings. The highest BCUT2D eigenvalue weighted by Gasteiger charge is 2.72. The van der Waals surface area contributed by atoms with Gasteiger partial charge in [0, 0.05) is 24.2 Å². The van der Waals surface area contributed by atoms with Crippen LogP contribution in [0.4, 0.5) is 0 Å². The summed E-state index contributed by atoms with van der Waals surface area (Å²) in [5.41, 5.74) is -0.649. The molecule has 1 spiro atoms. The summed E-state index contributed by atoms with van der Waals surface area (Å²) in [6, 6.07) is 0. The zero-order valence-corrected chi connectivity index (χ0v) is 20.4. The quantitative estimate of drug-likeness (QED) is 0.413. The van der Waals surface area contributed by atoms with Crippen molar-refractivity contribution in [1.82, 2.24) is 0 Å². The molecule has 6 nitrogen and oxygen atoms in total. The van der Waals surface area contributed by atoms with Crippen LogP contribution in [0.2, 0.25) is 0 Å². The number of ether oxygens (including phenoxy) is 2. The summed E-state index contributed by atoms with van der Waals surface area (Å²) in [4.78, 5) is 0. The maximum absolute atomic E-state index is 11.7. The van der Waals surface area contributed by atoms with Gasteiger partial charge in [-0.25, -0.2) is 0 Å². The van der Waals surface area contributed by atoms with E-state index in [0.717, 1.165) is 44.1 Å². The van der Waals surface area contributed by atoms with E-state index >= 15 is 0 Å². The van der Waals surface area contributed by atoms with Crippen LogP contribution in [0.5, 0.6) is 0 Å². The average Bonchev–Trinajstić information content (AvgIpc) is 3.21. The molecule has 0 aromatic carbocycles. The van der Waals surface area contributed by atoms with E-state index in [1.807, 2.05) is 6.92 Å². The Morgan fingerprint density at radius 1 is 1.03 bits per heavy atom. The average molecular weight is 463 g/mol. The number of fused-ring (bicyclic) bond motifs is 7. The van der Waals surface area contributed by atoms with Gasteiger partial charge in [-0.15, -0.1) is 0 Å². The predicted molar refractivity (Wildman–Crippen MR) is 122 cm³/mol. The van der Waals surface area contributed by atoms with Crippen LogP contribution in [0.3, 0.4) is 0 Å². The fraction of sp³-hybridized carbons (Fsp3) is 0.926. The Kier molecular flexibility index (Phi) is 4.89. The molecule has 4 saturated carbocycles. The summed E-state index contributed by atoms with van der Waals surface area (Å²) in [6.07, 6.45) is 3.24. The molecule has 2 heterocycles. The van der Waals surface area contributed by atoms with Crippen molar-refractivity contribution in [3.63, 3.8) is 0 Å². The van der Waals surface area contributed by atoms with Crippen molar-refractivity contribution in [3.8, 4) is 0 Å². The molecule has 33 heavy (non-hydrogen) atoms. The van der Waals surface area contributed by atoms with Crippen molar-refractivity contribution >= 4 is 0 Å². The first-order chi connectivity index (χ1) is 15.5. The zero-order valence-electron chi connectivity index (χ0n) is 20.4. The van der Waals surface area contributed by atoms with Gasteiger partial charge in [0.2, 0.25) is 0 Å². The van der Waals surface area contributed by atoms with Gasteiger partial charge in [0.05, 0.1) is 30.5 Å². The number of aliphatic hydroxyl groups excluding tert-OH is 3. The molecule has 2 aliphatic heterocycles. The molecule has 6 heteroatoms. The van der Waals surface area contributed by atoms with Crippen LogP contribution in [-0.2, 0) is 9.47 Å². The summed E-state index contributed by atoms with van der Waals surface area (Å²) in [5, 5.41) is 43.7. The van der Waals surface area contributed by atoms with E-state index in [2.05, 4.69) is 20.4 Å². The molecule has 6 fully saturated rings. The van der Waals surface area contributed by atoms with Gasteiger partial charge in [-0.05, 0) is 67.6 Å². The van der Waals surface area contributed by atoms with Gasteiger partial charge < -0.3 is 29.9 Å². The summed E-state index contributed by atoms with van der Waals surface area (Å²) >= 11 is 0. The lowest BCUT2D eigenvalue weighted by Crippen LogP contribution is -2.71. The van der Waals surface area contributed by atoms with Gasteiger partial charge >= 0.3 is 0 Å². The van der Waals surface area contributed by atoms with Gasteiger partial charge in [0.15, 0.2) is 5.79 Å². The van der Waals surface area contributed by atoms with E-state index < -0.39 is 35.1 Å². The van der Waals surface area contributed by atoms with Crippen LogP contribution in [0, 0.1) is 40.4 Å².